The van der Waals surface area contributed by atoms with Crippen LogP contribution in [0.1, 0.15) is 12.0 Å². The van der Waals surface area contributed by atoms with Crippen molar-refractivity contribution < 1.29 is 4.74 Å². The van der Waals surface area contributed by atoms with E-state index >= 15 is 0 Å². The van der Waals surface area contributed by atoms with E-state index in [-0.39, 0.29) is 0 Å². The van der Waals surface area contributed by atoms with E-state index in [2.05, 4.69) is 47.1 Å². The number of piperidine rings is 2. The number of anilines is 2. The van der Waals surface area contributed by atoms with E-state index in [1.54, 1.807) is 18.4 Å². The second kappa shape index (κ2) is 8.79. The zero-order valence-corrected chi connectivity index (χ0v) is 21.1. The number of methoxy groups -OCH3 is 1. The largest absolute Gasteiger partial charge is 0.497 e. The molecule has 0 amide bonds. The van der Waals surface area contributed by atoms with Crippen LogP contribution in [-0.4, -0.2) is 38.3 Å². The highest BCUT2D eigenvalue weighted by atomic mass is 35.5. The minimum Gasteiger partial charge on any atom is -0.497 e. The highest BCUT2D eigenvalue weighted by Gasteiger charge is 2.35. The maximum Gasteiger partial charge on any atom is 0.186 e. The maximum absolute atomic E-state index is 6.20. The van der Waals surface area contributed by atoms with Gasteiger partial charge >= 0.3 is 0 Å². The van der Waals surface area contributed by atoms with Crippen LogP contribution in [0.3, 0.4) is 0 Å². The number of aromatic nitrogens is 1. The summed E-state index contributed by atoms with van der Waals surface area (Å²) in [7, 11) is 1.71. The summed E-state index contributed by atoms with van der Waals surface area (Å²) in [6.45, 7) is 6.55. The summed E-state index contributed by atoms with van der Waals surface area (Å²) in [6, 6.07) is 21.2. The smallest absolute Gasteiger partial charge is 0.186 e. The molecular weight excluding hydrogens is 462 g/mol. The molecule has 2 bridgehead atoms. The van der Waals surface area contributed by atoms with Crippen molar-refractivity contribution in [2.75, 3.05) is 43.1 Å². The Bertz CT molecular complexity index is 1320. The first kappa shape index (κ1) is 21.8. The molecule has 2 saturated heterocycles. The van der Waals surface area contributed by atoms with Gasteiger partial charge in [-0.1, -0.05) is 47.2 Å². The molecule has 4 nitrogen and oxygen atoms in total. The predicted octanol–water partition coefficient (Wildman–Crippen LogP) is 6.90. The number of fused-ring (bicyclic) bond motifs is 3. The van der Waals surface area contributed by atoms with E-state index in [4.69, 9.17) is 21.3 Å². The molecule has 6 heteroatoms. The Morgan fingerprint density at radius 1 is 0.882 bits per heavy atom. The minimum atomic E-state index is 0.646. The van der Waals surface area contributed by atoms with Crippen LogP contribution in [0.15, 0.2) is 60.7 Å². The molecule has 0 aliphatic carbocycles. The van der Waals surface area contributed by atoms with Gasteiger partial charge in [-0.3, -0.25) is 0 Å². The van der Waals surface area contributed by atoms with Gasteiger partial charge in [0.05, 0.1) is 17.3 Å². The van der Waals surface area contributed by atoms with Crippen molar-refractivity contribution >= 4 is 44.0 Å². The van der Waals surface area contributed by atoms with Crippen LogP contribution < -0.4 is 14.5 Å². The Balaban J connectivity index is 1.22. The number of aryl methyl sites for hydroxylation is 1. The third-order valence-electron chi connectivity index (χ3n) is 7.16. The number of thiazole rings is 1. The first-order valence-electron chi connectivity index (χ1n) is 11.9. The molecule has 0 radical (unpaired) electrons. The second-order valence-electron chi connectivity index (χ2n) is 9.62. The summed E-state index contributed by atoms with van der Waals surface area (Å²) < 4.78 is 6.50. The summed E-state index contributed by atoms with van der Waals surface area (Å²) >= 11 is 7.96. The van der Waals surface area contributed by atoms with Crippen molar-refractivity contribution in [3.63, 3.8) is 0 Å². The highest BCUT2D eigenvalue weighted by Crippen LogP contribution is 2.38. The molecule has 1 aromatic heterocycles. The van der Waals surface area contributed by atoms with Crippen molar-refractivity contribution in [1.29, 1.82) is 0 Å². The monoisotopic (exact) mass is 489 g/mol. The van der Waals surface area contributed by atoms with Crippen molar-refractivity contribution in [2.24, 2.45) is 11.8 Å². The van der Waals surface area contributed by atoms with E-state index in [0.717, 1.165) is 47.6 Å². The van der Waals surface area contributed by atoms with Crippen LogP contribution in [-0.2, 0) is 0 Å². The number of nitrogens with zero attached hydrogens (tertiary/aromatic N) is 3. The number of halogens is 1. The van der Waals surface area contributed by atoms with Crippen LogP contribution in [0.25, 0.3) is 21.3 Å². The Kier molecular flexibility index (Phi) is 5.62. The fourth-order valence-corrected chi connectivity index (χ4v) is 6.83. The van der Waals surface area contributed by atoms with Crippen molar-refractivity contribution in [2.45, 2.75) is 13.3 Å². The van der Waals surface area contributed by atoms with Gasteiger partial charge in [0.2, 0.25) is 0 Å². The predicted molar refractivity (Wildman–Crippen MR) is 144 cm³/mol. The van der Waals surface area contributed by atoms with E-state index in [1.165, 1.54) is 33.5 Å². The van der Waals surface area contributed by atoms with E-state index in [1.807, 2.05) is 30.3 Å². The Labute approximate surface area is 209 Å². The third kappa shape index (κ3) is 4.12. The molecule has 4 aromatic rings. The number of rotatable bonds is 4. The lowest BCUT2D eigenvalue weighted by Gasteiger charge is -2.47. The molecule has 0 saturated carbocycles. The zero-order chi connectivity index (χ0) is 23.2. The van der Waals surface area contributed by atoms with Gasteiger partial charge < -0.3 is 14.5 Å². The Morgan fingerprint density at radius 2 is 1.59 bits per heavy atom. The van der Waals surface area contributed by atoms with Crippen molar-refractivity contribution in [3.05, 3.63) is 71.2 Å². The third-order valence-corrected chi connectivity index (χ3v) is 8.48. The molecule has 3 heterocycles. The van der Waals surface area contributed by atoms with E-state index in [9.17, 15) is 0 Å². The number of hydrogen-bond donors (Lipinski definition) is 0. The molecular formula is C28H28ClN3OS. The van der Waals surface area contributed by atoms with E-state index < -0.39 is 0 Å². The SMILES string of the molecule is COc1ccc(-c2ccc(C)c(N3CC4CC(CN(c5nc6ccc(Cl)cc6s5)C4)C3)c2)cc1. The first-order valence-corrected chi connectivity index (χ1v) is 13.1. The standard InChI is InChI=1S/C28H28ClN3OS/c1-18-3-4-22(21-5-8-24(33-2)9-6-21)12-26(18)31-14-19-11-20(15-31)17-32(16-19)28-30-25-10-7-23(29)13-27(25)34-28/h3-10,12-13,19-20H,11,14-17H2,1-2H3. The van der Waals surface area contributed by atoms with Crippen LogP contribution in [0.2, 0.25) is 5.02 Å². The summed E-state index contributed by atoms with van der Waals surface area (Å²) in [5.74, 6) is 2.18. The molecule has 0 N–H and O–H groups in total. The van der Waals surface area contributed by atoms with Gasteiger partial charge in [-0.05, 0) is 78.3 Å². The molecule has 3 aromatic carbocycles. The van der Waals surface area contributed by atoms with Gasteiger partial charge in [0, 0.05) is 36.9 Å². The molecule has 6 rings (SSSR count). The molecule has 0 spiro atoms. The summed E-state index contributed by atoms with van der Waals surface area (Å²) in [5, 5.41) is 1.92. The van der Waals surface area contributed by atoms with Gasteiger partial charge in [0.1, 0.15) is 5.75 Å². The number of ether oxygens (including phenoxy) is 1. The molecule has 2 unspecified atom stereocenters. The molecule has 2 atom stereocenters. The molecule has 174 valence electrons. The van der Waals surface area contributed by atoms with Crippen LogP contribution >= 0.6 is 22.9 Å². The van der Waals surface area contributed by atoms with Gasteiger partial charge in [-0.15, -0.1) is 0 Å². The fraction of sp³-hybridized carbons (Fsp3) is 0.321. The van der Waals surface area contributed by atoms with Crippen LogP contribution in [0.4, 0.5) is 10.8 Å². The number of hydrogen-bond acceptors (Lipinski definition) is 5. The lowest BCUT2D eigenvalue weighted by Crippen LogP contribution is -2.53. The minimum absolute atomic E-state index is 0.646. The Morgan fingerprint density at radius 3 is 2.32 bits per heavy atom. The van der Waals surface area contributed by atoms with Crippen molar-refractivity contribution in [3.8, 4) is 16.9 Å². The summed E-state index contributed by atoms with van der Waals surface area (Å²) in [5.41, 5.74) is 6.24. The average molecular weight is 490 g/mol. The van der Waals surface area contributed by atoms with E-state index in [0.29, 0.717) is 11.8 Å². The first-order chi connectivity index (χ1) is 16.6. The second-order valence-corrected chi connectivity index (χ2v) is 11.1. The Hall–Kier alpha value is -2.76. The molecule has 2 aliphatic heterocycles. The highest BCUT2D eigenvalue weighted by molar-refractivity contribution is 7.22. The van der Waals surface area contributed by atoms with Crippen LogP contribution in [0, 0.1) is 18.8 Å². The van der Waals surface area contributed by atoms with Crippen LogP contribution in [0.5, 0.6) is 5.75 Å². The quantitative estimate of drug-likeness (QED) is 0.312. The van der Waals surface area contributed by atoms with Crippen molar-refractivity contribution in [1.82, 2.24) is 4.98 Å². The van der Waals surface area contributed by atoms with Gasteiger partial charge in [0.15, 0.2) is 5.13 Å². The lowest BCUT2D eigenvalue weighted by atomic mass is 9.84. The van der Waals surface area contributed by atoms with Gasteiger partial charge in [-0.25, -0.2) is 4.98 Å². The zero-order valence-electron chi connectivity index (χ0n) is 19.5. The summed E-state index contributed by atoms with van der Waals surface area (Å²) in [6.07, 6.45) is 1.31. The average Bonchev–Trinajstić information content (AvgIpc) is 3.27. The summed E-state index contributed by atoms with van der Waals surface area (Å²) in [4.78, 5) is 10.0. The normalized spacial score (nSPS) is 20.1. The molecule has 2 fully saturated rings. The number of benzene rings is 3. The van der Waals surface area contributed by atoms with Gasteiger partial charge in [-0.2, -0.15) is 0 Å². The fourth-order valence-electron chi connectivity index (χ4n) is 5.57. The lowest BCUT2D eigenvalue weighted by molar-refractivity contribution is 0.276. The molecule has 2 aliphatic rings. The topological polar surface area (TPSA) is 28.6 Å². The van der Waals surface area contributed by atoms with Gasteiger partial charge in [0.25, 0.3) is 0 Å². The molecule has 34 heavy (non-hydrogen) atoms. The maximum atomic E-state index is 6.20.